The van der Waals surface area contributed by atoms with E-state index < -0.39 is 18.0 Å². The molecule has 3 aliphatic rings. The fourth-order valence-electron chi connectivity index (χ4n) is 4.15. The number of carbonyl (C=O) groups is 4. The number of rotatable bonds is 4. The number of hydrogen-bond donors (Lipinski definition) is 3. The van der Waals surface area contributed by atoms with Gasteiger partial charge < -0.3 is 20.4 Å². The van der Waals surface area contributed by atoms with E-state index >= 15 is 0 Å². The third-order valence-electron chi connectivity index (χ3n) is 5.89. The Balaban J connectivity index is 1.51. The fraction of sp³-hybridized carbons (Fsp3) is 0.524. The normalized spacial score (nSPS) is 26.3. The summed E-state index contributed by atoms with van der Waals surface area (Å²) in [5, 5.41) is 8.72. The van der Waals surface area contributed by atoms with E-state index in [4.69, 9.17) is 0 Å². The van der Waals surface area contributed by atoms with E-state index in [1.165, 1.54) is 0 Å². The molecule has 4 amide bonds. The molecular weight excluding hydrogens is 418 g/mol. The molecule has 166 valence electrons. The zero-order valence-corrected chi connectivity index (χ0v) is 18.0. The first kappa shape index (κ1) is 21.6. The molecule has 3 N–H and O–H groups in total. The van der Waals surface area contributed by atoms with Crippen LogP contribution in [0.2, 0.25) is 0 Å². The molecule has 4 rings (SSSR count). The van der Waals surface area contributed by atoms with E-state index in [0.29, 0.717) is 36.7 Å². The SMILES string of the molecule is O=C1NCCC[C@@H]1NC(=O)[C@@H]1CN(C(=O)c2ccccc2)CCN1C(=O)[C@@H]1CSCN1. The van der Waals surface area contributed by atoms with Crippen molar-refractivity contribution in [2.75, 3.05) is 37.8 Å². The van der Waals surface area contributed by atoms with Crippen molar-refractivity contribution in [3.8, 4) is 0 Å². The van der Waals surface area contributed by atoms with Crippen LogP contribution in [0.3, 0.4) is 0 Å². The Kier molecular flexibility index (Phi) is 6.77. The van der Waals surface area contributed by atoms with Gasteiger partial charge in [0.15, 0.2) is 0 Å². The molecule has 1 aromatic carbocycles. The molecule has 0 spiro atoms. The Hall–Kier alpha value is -2.59. The van der Waals surface area contributed by atoms with E-state index in [1.807, 2.05) is 6.07 Å². The zero-order chi connectivity index (χ0) is 21.8. The van der Waals surface area contributed by atoms with Crippen LogP contribution in [-0.4, -0.2) is 89.4 Å². The van der Waals surface area contributed by atoms with Crippen molar-refractivity contribution in [1.29, 1.82) is 0 Å². The van der Waals surface area contributed by atoms with Crippen molar-refractivity contribution in [3.63, 3.8) is 0 Å². The molecule has 10 heteroatoms. The Morgan fingerprint density at radius 2 is 1.94 bits per heavy atom. The first-order valence-corrected chi connectivity index (χ1v) is 11.7. The fourth-order valence-corrected chi connectivity index (χ4v) is 5.08. The maximum Gasteiger partial charge on any atom is 0.253 e. The molecule has 3 atom stereocenters. The lowest BCUT2D eigenvalue weighted by Gasteiger charge is -2.42. The van der Waals surface area contributed by atoms with Crippen LogP contribution in [-0.2, 0) is 14.4 Å². The third-order valence-corrected chi connectivity index (χ3v) is 6.83. The predicted molar refractivity (Wildman–Crippen MR) is 116 cm³/mol. The number of piperidine rings is 1. The summed E-state index contributed by atoms with van der Waals surface area (Å²) in [4.78, 5) is 54.5. The van der Waals surface area contributed by atoms with Crippen LogP contribution >= 0.6 is 11.8 Å². The van der Waals surface area contributed by atoms with Gasteiger partial charge in [-0.1, -0.05) is 18.2 Å². The quantitative estimate of drug-likeness (QED) is 0.571. The van der Waals surface area contributed by atoms with Gasteiger partial charge in [-0.3, -0.25) is 24.5 Å². The molecule has 3 aliphatic heterocycles. The topological polar surface area (TPSA) is 111 Å². The number of nitrogens with one attached hydrogen (secondary N) is 3. The highest BCUT2D eigenvalue weighted by atomic mass is 32.2. The van der Waals surface area contributed by atoms with E-state index in [1.54, 1.807) is 45.8 Å². The standard InChI is InChI=1S/C21H27N5O4S/c27-18-15(7-4-8-22-18)24-19(28)17-11-25(20(29)14-5-2-1-3-6-14)9-10-26(17)21(30)16-12-31-13-23-16/h1-3,5-6,15-17,23H,4,7-13H2,(H,22,27)(H,24,28)/t15-,16-,17-/m0/s1. The first-order chi connectivity index (χ1) is 15.0. The predicted octanol–water partition coefficient (Wildman–Crippen LogP) is -0.603. The summed E-state index contributed by atoms with van der Waals surface area (Å²) in [5.41, 5.74) is 0.543. The molecule has 0 aliphatic carbocycles. The van der Waals surface area contributed by atoms with Crippen molar-refractivity contribution in [2.24, 2.45) is 0 Å². The average molecular weight is 446 g/mol. The molecule has 0 unspecified atom stereocenters. The molecule has 3 heterocycles. The molecule has 3 saturated heterocycles. The molecule has 0 radical (unpaired) electrons. The van der Waals surface area contributed by atoms with Crippen molar-refractivity contribution < 1.29 is 19.2 Å². The van der Waals surface area contributed by atoms with Gasteiger partial charge in [-0.25, -0.2) is 0 Å². The number of nitrogens with zero attached hydrogens (tertiary/aromatic N) is 2. The molecule has 1 aromatic rings. The monoisotopic (exact) mass is 445 g/mol. The Bertz CT molecular complexity index is 845. The van der Waals surface area contributed by atoms with Crippen LogP contribution in [0, 0.1) is 0 Å². The summed E-state index contributed by atoms with van der Waals surface area (Å²) < 4.78 is 0. The van der Waals surface area contributed by atoms with Gasteiger partial charge in [0.05, 0.1) is 12.6 Å². The summed E-state index contributed by atoms with van der Waals surface area (Å²) in [6.07, 6.45) is 1.34. The highest BCUT2D eigenvalue weighted by molar-refractivity contribution is 7.99. The van der Waals surface area contributed by atoms with Crippen LogP contribution in [0.4, 0.5) is 0 Å². The number of benzene rings is 1. The second-order valence-electron chi connectivity index (χ2n) is 7.93. The Morgan fingerprint density at radius 1 is 1.13 bits per heavy atom. The molecule has 0 aromatic heterocycles. The molecule has 0 bridgehead atoms. The number of thioether (sulfide) groups is 1. The molecule has 3 fully saturated rings. The van der Waals surface area contributed by atoms with Crippen LogP contribution < -0.4 is 16.0 Å². The van der Waals surface area contributed by atoms with E-state index in [0.717, 1.165) is 6.42 Å². The van der Waals surface area contributed by atoms with Crippen LogP contribution in [0.5, 0.6) is 0 Å². The summed E-state index contributed by atoms with van der Waals surface area (Å²) in [6, 6.07) is 7.11. The maximum absolute atomic E-state index is 13.2. The molecule has 31 heavy (non-hydrogen) atoms. The lowest BCUT2D eigenvalue weighted by molar-refractivity contribution is -0.145. The van der Waals surface area contributed by atoms with Gasteiger partial charge in [-0.15, -0.1) is 11.8 Å². The van der Waals surface area contributed by atoms with Gasteiger partial charge in [0.2, 0.25) is 17.7 Å². The van der Waals surface area contributed by atoms with Crippen molar-refractivity contribution in [1.82, 2.24) is 25.8 Å². The second kappa shape index (κ2) is 9.69. The van der Waals surface area contributed by atoms with Crippen molar-refractivity contribution >= 4 is 35.4 Å². The highest BCUT2D eigenvalue weighted by Gasteiger charge is 2.41. The van der Waals surface area contributed by atoms with Crippen LogP contribution in [0.25, 0.3) is 0 Å². The minimum absolute atomic E-state index is 0.0967. The Labute approximate surface area is 185 Å². The van der Waals surface area contributed by atoms with Gasteiger partial charge in [0, 0.05) is 36.8 Å². The van der Waals surface area contributed by atoms with Gasteiger partial charge >= 0.3 is 0 Å². The lowest BCUT2D eigenvalue weighted by atomic mass is 10.0. The zero-order valence-electron chi connectivity index (χ0n) is 17.2. The Morgan fingerprint density at radius 3 is 2.65 bits per heavy atom. The summed E-state index contributed by atoms with van der Waals surface area (Å²) >= 11 is 1.64. The minimum Gasteiger partial charge on any atom is -0.354 e. The molecular formula is C21H27N5O4S. The number of piperazine rings is 1. The van der Waals surface area contributed by atoms with Gasteiger partial charge in [-0.05, 0) is 25.0 Å². The van der Waals surface area contributed by atoms with Crippen LogP contribution in [0.1, 0.15) is 23.2 Å². The average Bonchev–Trinajstić information content (AvgIpc) is 3.35. The summed E-state index contributed by atoms with van der Waals surface area (Å²) in [5.74, 6) is 0.440. The van der Waals surface area contributed by atoms with E-state index in [-0.39, 0.29) is 36.9 Å². The second-order valence-corrected chi connectivity index (χ2v) is 8.96. The first-order valence-electron chi connectivity index (χ1n) is 10.6. The van der Waals surface area contributed by atoms with Crippen molar-refractivity contribution in [3.05, 3.63) is 35.9 Å². The lowest BCUT2D eigenvalue weighted by Crippen LogP contribution is -2.65. The maximum atomic E-state index is 13.2. The number of amides is 4. The van der Waals surface area contributed by atoms with E-state index in [2.05, 4.69) is 16.0 Å². The number of carbonyl (C=O) groups excluding carboxylic acids is 4. The summed E-state index contributed by atoms with van der Waals surface area (Å²) in [7, 11) is 0. The highest BCUT2D eigenvalue weighted by Crippen LogP contribution is 2.19. The number of hydrogen-bond acceptors (Lipinski definition) is 6. The smallest absolute Gasteiger partial charge is 0.253 e. The minimum atomic E-state index is -0.837. The third kappa shape index (κ3) is 4.85. The van der Waals surface area contributed by atoms with Gasteiger partial charge in [0.1, 0.15) is 12.1 Å². The van der Waals surface area contributed by atoms with Gasteiger partial charge in [-0.2, -0.15) is 0 Å². The van der Waals surface area contributed by atoms with Crippen LogP contribution in [0.15, 0.2) is 30.3 Å². The largest absolute Gasteiger partial charge is 0.354 e. The molecule has 0 saturated carbocycles. The molecule has 9 nitrogen and oxygen atoms in total. The van der Waals surface area contributed by atoms with E-state index in [9.17, 15) is 19.2 Å². The van der Waals surface area contributed by atoms with Gasteiger partial charge in [0.25, 0.3) is 5.91 Å². The summed E-state index contributed by atoms with van der Waals surface area (Å²) in [6.45, 7) is 1.32. The van der Waals surface area contributed by atoms with Crippen molar-refractivity contribution in [2.45, 2.75) is 31.0 Å².